The Balaban J connectivity index is 1.70. The largest absolute Gasteiger partial charge is 0.497 e. The maximum atomic E-state index is 12.5. The first-order chi connectivity index (χ1) is 13.5. The summed E-state index contributed by atoms with van der Waals surface area (Å²) in [6.45, 7) is 1.31. The minimum Gasteiger partial charge on any atom is -0.497 e. The zero-order valence-electron chi connectivity index (χ0n) is 15.1. The van der Waals surface area contributed by atoms with Gasteiger partial charge in [0.15, 0.2) is 0 Å². The summed E-state index contributed by atoms with van der Waals surface area (Å²) < 4.78 is 15.6. The maximum Gasteiger partial charge on any atom is 0.346 e. The van der Waals surface area contributed by atoms with Crippen molar-refractivity contribution < 1.29 is 18.7 Å². The number of aromatic nitrogens is 1. The second-order valence-corrected chi connectivity index (χ2v) is 6.87. The predicted molar refractivity (Wildman–Crippen MR) is 107 cm³/mol. The Labute approximate surface area is 164 Å². The van der Waals surface area contributed by atoms with Crippen molar-refractivity contribution in [3.63, 3.8) is 0 Å². The van der Waals surface area contributed by atoms with Crippen LogP contribution in [-0.2, 0) is 4.79 Å². The lowest BCUT2D eigenvalue weighted by molar-refractivity contribution is -0.131. The van der Waals surface area contributed by atoms with Gasteiger partial charge in [0.1, 0.15) is 22.1 Å². The van der Waals surface area contributed by atoms with Crippen LogP contribution in [0.3, 0.4) is 0 Å². The molecule has 4 aromatic rings. The Kier molecular flexibility index (Phi) is 4.67. The van der Waals surface area contributed by atoms with Gasteiger partial charge in [0.25, 0.3) is 0 Å². The second-order valence-electron chi connectivity index (χ2n) is 6.01. The van der Waals surface area contributed by atoms with E-state index in [4.69, 9.17) is 13.9 Å². The van der Waals surface area contributed by atoms with E-state index in [9.17, 15) is 9.59 Å². The van der Waals surface area contributed by atoms with Crippen molar-refractivity contribution in [1.82, 2.24) is 4.98 Å². The van der Waals surface area contributed by atoms with Crippen LogP contribution in [0, 0.1) is 0 Å². The molecule has 2 aromatic heterocycles. The molecule has 6 nitrogen and oxygen atoms in total. The van der Waals surface area contributed by atoms with E-state index < -0.39 is 11.6 Å². The van der Waals surface area contributed by atoms with Crippen LogP contribution in [0.25, 0.3) is 32.8 Å². The van der Waals surface area contributed by atoms with Crippen LogP contribution in [0.4, 0.5) is 0 Å². The summed E-state index contributed by atoms with van der Waals surface area (Å²) in [6, 6.07) is 14.2. The first-order valence-electron chi connectivity index (χ1n) is 8.40. The van der Waals surface area contributed by atoms with Gasteiger partial charge in [0, 0.05) is 29.3 Å². The number of nitrogens with zero attached hydrogens (tertiary/aromatic N) is 1. The highest BCUT2D eigenvalue weighted by Crippen LogP contribution is 2.30. The first-order valence-corrected chi connectivity index (χ1v) is 9.28. The SMILES string of the molecule is COc1ccc(-c2csc(-c3cc4ccc(OC(C)=O)cc4oc3=O)n2)cc1. The number of fused-ring (bicyclic) bond motifs is 1. The number of ether oxygens (including phenoxy) is 2. The minimum atomic E-state index is -0.497. The topological polar surface area (TPSA) is 78.6 Å². The average molecular weight is 393 g/mol. The van der Waals surface area contributed by atoms with Gasteiger partial charge in [-0.2, -0.15) is 0 Å². The third-order valence-corrected chi connectivity index (χ3v) is 4.96. The number of benzene rings is 2. The maximum absolute atomic E-state index is 12.5. The third-order valence-electron chi connectivity index (χ3n) is 4.09. The van der Waals surface area contributed by atoms with E-state index in [0.29, 0.717) is 27.3 Å². The van der Waals surface area contributed by atoms with Crippen molar-refractivity contribution in [3.05, 3.63) is 64.3 Å². The van der Waals surface area contributed by atoms with Gasteiger partial charge in [-0.25, -0.2) is 9.78 Å². The average Bonchev–Trinajstić information content (AvgIpc) is 3.17. The molecule has 0 saturated carbocycles. The van der Waals surface area contributed by atoms with Gasteiger partial charge >= 0.3 is 11.6 Å². The van der Waals surface area contributed by atoms with Crippen molar-refractivity contribution in [2.45, 2.75) is 6.92 Å². The van der Waals surface area contributed by atoms with E-state index in [1.165, 1.54) is 24.3 Å². The molecule has 0 amide bonds. The molecule has 0 aliphatic carbocycles. The van der Waals surface area contributed by atoms with E-state index in [2.05, 4.69) is 4.98 Å². The number of rotatable bonds is 4. The fourth-order valence-corrected chi connectivity index (χ4v) is 3.59. The van der Waals surface area contributed by atoms with Gasteiger partial charge < -0.3 is 13.9 Å². The summed E-state index contributed by atoms with van der Waals surface area (Å²) in [5, 5.41) is 3.18. The van der Waals surface area contributed by atoms with Gasteiger partial charge in [-0.05, 0) is 42.5 Å². The molecule has 0 atom stereocenters. The Morgan fingerprint density at radius 2 is 1.82 bits per heavy atom. The minimum absolute atomic E-state index is 0.326. The highest BCUT2D eigenvalue weighted by Gasteiger charge is 2.14. The summed E-state index contributed by atoms with van der Waals surface area (Å²) in [5.41, 5.74) is 1.94. The summed E-state index contributed by atoms with van der Waals surface area (Å²) in [7, 11) is 1.62. The lowest BCUT2D eigenvalue weighted by Crippen LogP contribution is -2.04. The van der Waals surface area contributed by atoms with Gasteiger partial charge in [0.2, 0.25) is 0 Å². The van der Waals surface area contributed by atoms with Crippen molar-refractivity contribution >= 4 is 28.3 Å². The Hall–Kier alpha value is -3.45. The molecule has 0 bridgehead atoms. The summed E-state index contributed by atoms with van der Waals surface area (Å²) in [5.74, 6) is 0.654. The molecule has 28 heavy (non-hydrogen) atoms. The Morgan fingerprint density at radius 1 is 1.07 bits per heavy atom. The smallest absolute Gasteiger partial charge is 0.346 e. The molecule has 2 aromatic carbocycles. The van der Waals surface area contributed by atoms with Gasteiger partial charge in [0.05, 0.1) is 18.4 Å². The lowest BCUT2D eigenvalue weighted by atomic mass is 10.1. The Morgan fingerprint density at radius 3 is 2.54 bits per heavy atom. The van der Waals surface area contributed by atoms with Crippen molar-refractivity contribution in [1.29, 1.82) is 0 Å². The van der Waals surface area contributed by atoms with E-state index in [1.54, 1.807) is 25.3 Å². The molecular weight excluding hydrogens is 378 g/mol. The van der Waals surface area contributed by atoms with E-state index in [1.807, 2.05) is 29.6 Å². The van der Waals surface area contributed by atoms with E-state index >= 15 is 0 Å². The molecule has 0 aliphatic heterocycles. The van der Waals surface area contributed by atoms with Crippen molar-refractivity contribution in [2.75, 3.05) is 7.11 Å². The molecule has 0 fully saturated rings. The number of hydrogen-bond donors (Lipinski definition) is 0. The molecule has 0 saturated heterocycles. The number of thiazole rings is 1. The number of hydrogen-bond acceptors (Lipinski definition) is 7. The molecule has 0 radical (unpaired) electrons. The van der Waals surface area contributed by atoms with E-state index in [0.717, 1.165) is 17.0 Å². The molecule has 0 spiro atoms. The van der Waals surface area contributed by atoms with Crippen LogP contribution in [-0.4, -0.2) is 18.1 Å². The molecular formula is C21H15NO5S. The van der Waals surface area contributed by atoms with E-state index in [-0.39, 0.29) is 0 Å². The third kappa shape index (κ3) is 3.52. The number of esters is 1. The predicted octanol–water partition coefficient (Wildman–Crippen LogP) is 4.52. The quantitative estimate of drug-likeness (QED) is 0.288. The van der Waals surface area contributed by atoms with Crippen LogP contribution in [0.1, 0.15) is 6.92 Å². The zero-order valence-corrected chi connectivity index (χ0v) is 15.9. The van der Waals surface area contributed by atoms with Gasteiger partial charge in [-0.1, -0.05) is 0 Å². The van der Waals surface area contributed by atoms with Crippen molar-refractivity contribution in [2.24, 2.45) is 0 Å². The van der Waals surface area contributed by atoms with Crippen LogP contribution >= 0.6 is 11.3 Å². The standard InChI is InChI=1S/C21H15NO5S/c1-12(23)26-16-8-5-14-9-17(21(24)27-19(14)10-16)20-22-18(11-28-20)13-3-6-15(25-2)7-4-13/h3-11H,1-2H3. The monoisotopic (exact) mass is 393 g/mol. The fraction of sp³-hybridized carbons (Fsp3) is 0.0952. The second kappa shape index (κ2) is 7.28. The highest BCUT2D eigenvalue weighted by molar-refractivity contribution is 7.13. The molecule has 7 heteroatoms. The normalized spacial score (nSPS) is 10.8. The van der Waals surface area contributed by atoms with Crippen LogP contribution < -0.4 is 15.1 Å². The van der Waals surface area contributed by atoms with Gasteiger partial charge in [-0.3, -0.25) is 4.79 Å². The molecule has 0 aliphatic rings. The van der Waals surface area contributed by atoms with Crippen LogP contribution in [0.2, 0.25) is 0 Å². The molecule has 4 rings (SSSR count). The van der Waals surface area contributed by atoms with Gasteiger partial charge in [-0.15, -0.1) is 11.3 Å². The highest BCUT2D eigenvalue weighted by atomic mass is 32.1. The van der Waals surface area contributed by atoms with Crippen LogP contribution in [0.5, 0.6) is 11.5 Å². The molecule has 140 valence electrons. The number of carbonyl (C=O) groups is 1. The first kappa shape index (κ1) is 17.9. The molecule has 0 N–H and O–H groups in total. The lowest BCUT2D eigenvalue weighted by Gasteiger charge is -2.03. The fourth-order valence-electron chi connectivity index (χ4n) is 2.76. The zero-order chi connectivity index (χ0) is 19.7. The molecule has 2 heterocycles. The Bertz CT molecular complexity index is 1220. The number of methoxy groups -OCH3 is 1. The number of carbonyl (C=O) groups excluding carboxylic acids is 1. The van der Waals surface area contributed by atoms with Crippen molar-refractivity contribution in [3.8, 4) is 33.3 Å². The summed E-state index contributed by atoms with van der Waals surface area (Å²) >= 11 is 1.37. The van der Waals surface area contributed by atoms with Crippen LogP contribution in [0.15, 0.2) is 63.1 Å². The summed E-state index contributed by atoms with van der Waals surface area (Å²) in [6.07, 6.45) is 0. The molecule has 0 unspecified atom stereocenters. The summed E-state index contributed by atoms with van der Waals surface area (Å²) in [4.78, 5) is 28.1.